The molecule has 5 heteroatoms. The zero-order chi connectivity index (χ0) is 20.1. The molecule has 0 aromatic heterocycles. The molecule has 0 aliphatic heterocycles. The van der Waals surface area contributed by atoms with E-state index < -0.39 is 0 Å². The molecule has 28 heavy (non-hydrogen) atoms. The first-order valence-corrected chi connectivity index (χ1v) is 9.20. The Morgan fingerprint density at radius 2 is 1.61 bits per heavy atom. The average Bonchev–Trinajstić information content (AvgIpc) is 2.67. The standard InChI is InChI=1S/C23H20ClNO3/c1-15-10-16(2)12-19(11-15)28-14-22(26)25-21-9-8-18(24)13-20(21)23(27)17-6-4-3-5-7-17/h3-13H,14H2,1-2H3,(H,25,26). The molecule has 0 atom stereocenters. The first kappa shape index (κ1) is 19.6. The van der Waals surface area contributed by atoms with Gasteiger partial charge in [-0.15, -0.1) is 0 Å². The van der Waals surface area contributed by atoms with E-state index in [2.05, 4.69) is 5.32 Å². The number of rotatable bonds is 6. The van der Waals surface area contributed by atoms with Gasteiger partial charge in [0.25, 0.3) is 5.91 Å². The molecular weight excluding hydrogens is 374 g/mol. The van der Waals surface area contributed by atoms with Gasteiger partial charge in [-0.05, 0) is 55.3 Å². The van der Waals surface area contributed by atoms with Crippen LogP contribution in [-0.2, 0) is 4.79 Å². The minimum Gasteiger partial charge on any atom is -0.484 e. The predicted octanol–water partition coefficient (Wildman–Crippen LogP) is 5.21. The van der Waals surface area contributed by atoms with E-state index in [1.165, 1.54) is 0 Å². The lowest BCUT2D eigenvalue weighted by Crippen LogP contribution is -2.21. The molecule has 0 aliphatic carbocycles. The van der Waals surface area contributed by atoms with Crippen LogP contribution in [0.5, 0.6) is 5.75 Å². The van der Waals surface area contributed by atoms with Crippen molar-refractivity contribution in [2.75, 3.05) is 11.9 Å². The molecule has 0 bridgehead atoms. The van der Waals surface area contributed by atoms with Gasteiger partial charge in [0.05, 0.1) is 5.69 Å². The van der Waals surface area contributed by atoms with Gasteiger partial charge in [-0.3, -0.25) is 9.59 Å². The fraction of sp³-hybridized carbons (Fsp3) is 0.130. The maximum absolute atomic E-state index is 12.8. The van der Waals surface area contributed by atoms with Crippen molar-refractivity contribution in [3.05, 3.63) is 94.0 Å². The van der Waals surface area contributed by atoms with Crippen LogP contribution < -0.4 is 10.1 Å². The molecule has 142 valence electrons. The Morgan fingerprint density at radius 1 is 0.929 bits per heavy atom. The highest BCUT2D eigenvalue weighted by molar-refractivity contribution is 6.31. The molecule has 0 spiro atoms. The zero-order valence-electron chi connectivity index (χ0n) is 15.7. The fourth-order valence-corrected chi connectivity index (χ4v) is 3.08. The Kier molecular flexibility index (Phi) is 6.12. The van der Waals surface area contributed by atoms with Crippen LogP contribution in [0.2, 0.25) is 5.02 Å². The summed E-state index contributed by atoms with van der Waals surface area (Å²) >= 11 is 6.07. The molecule has 0 saturated heterocycles. The topological polar surface area (TPSA) is 55.4 Å². The van der Waals surface area contributed by atoms with Gasteiger partial charge in [0.1, 0.15) is 5.75 Å². The molecule has 0 aliphatic rings. The Morgan fingerprint density at radius 3 is 2.29 bits per heavy atom. The van der Waals surface area contributed by atoms with Gasteiger partial charge in [-0.1, -0.05) is 48.0 Å². The van der Waals surface area contributed by atoms with Gasteiger partial charge in [-0.2, -0.15) is 0 Å². The lowest BCUT2D eigenvalue weighted by molar-refractivity contribution is -0.118. The highest BCUT2D eigenvalue weighted by atomic mass is 35.5. The number of hydrogen-bond donors (Lipinski definition) is 1. The fourth-order valence-electron chi connectivity index (χ4n) is 2.91. The summed E-state index contributed by atoms with van der Waals surface area (Å²) in [5.41, 5.74) is 3.37. The Balaban J connectivity index is 1.75. The molecule has 3 rings (SSSR count). The molecule has 4 nitrogen and oxygen atoms in total. The van der Waals surface area contributed by atoms with Crippen molar-refractivity contribution in [2.45, 2.75) is 13.8 Å². The molecule has 0 radical (unpaired) electrons. The van der Waals surface area contributed by atoms with E-state index >= 15 is 0 Å². The second-order valence-electron chi connectivity index (χ2n) is 6.55. The van der Waals surface area contributed by atoms with Crippen LogP contribution in [0.25, 0.3) is 0 Å². The lowest BCUT2D eigenvalue weighted by Gasteiger charge is -2.12. The first-order valence-electron chi connectivity index (χ1n) is 8.82. The van der Waals surface area contributed by atoms with Gasteiger partial charge in [0.15, 0.2) is 12.4 Å². The molecule has 0 saturated carbocycles. The number of carbonyl (C=O) groups is 2. The van der Waals surface area contributed by atoms with Crippen molar-refractivity contribution < 1.29 is 14.3 Å². The second kappa shape index (κ2) is 8.72. The molecule has 1 amide bonds. The van der Waals surface area contributed by atoms with Crippen molar-refractivity contribution in [3.8, 4) is 5.75 Å². The number of carbonyl (C=O) groups excluding carboxylic acids is 2. The van der Waals surface area contributed by atoms with E-state index in [0.29, 0.717) is 27.6 Å². The first-order chi connectivity index (χ1) is 13.4. The van der Waals surface area contributed by atoms with Crippen molar-refractivity contribution in [1.29, 1.82) is 0 Å². The number of hydrogen-bond acceptors (Lipinski definition) is 3. The molecular formula is C23H20ClNO3. The van der Waals surface area contributed by atoms with E-state index in [4.69, 9.17) is 16.3 Å². The summed E-state index contributed by atoms with van der Waals surface area (Å²) in [7, 11) is 0. The summed E-state index contributed by atoms with van der Waals surface area (Å²) in [6.45, 7) is 3.77. The Bertz CT molecular complexity index is 995. The van der Waals surface area contributed by atoms with E-state index in [0.717, 1.165) is 11.1 Å². The number of benzene rings is 3. The lowest BCUT2D eigenvalue weighted by atomic mass is 10.0. The molecule has 0 heterocycles. The highest BCUT2D eigenvalue weighted by Crippen LogP contribution is 2.24. The quantitative estimate of drug-likeness (QED) is 0.585. The number of amides is 1. The molecule has 3 aromatic rings. The van der Waals surface area contributed by atoms with Crippen LogP contribution in [0, 0.1) is 13.8 Å². The number of halogens is 1. The summed E-state index contributed by atoms with van der Waals surface area (Å²) in [5.74, 6) is 0.0570. The van der Waals surface area contributed by atoms with Crippen LogP contribution in [0.15, 0.2) is 66.7 Å². The zero-order valence-corrected chi connectivity index (χ0v) is 16.4. The van der Waals surface area contributed by atoms with Gasteiger partial charge >= 0.3 is 0 Å². The third-order valence-electron chi connectivity index (χ3n) is 4.10. The van der Waals surface area contributed by atoms with Gasteiger partial charge < -0.3 is 10.1 Å². The van der Waals surface area contributed by atoms with Crippen LogP contribution in [0.4, 0.5) is 5.69 Å². The third-order valence-corrected chi connectivity index (χ3v) is 4.34. The number of nitrogens with one attached hydrogen (secondary N) is 1. The van der Waals surface area contributed by atoms with Crippen molar-refractivity contribution in [3.63, 3.8) is 0 Å². The highest BCUT2D eigenvalue weighted by Gasteiger charge is 2.16. The van der Waals surface area contributed by atoms with E-state index in [1.807, 2.05) is 38.1 Å². The van der Waals surface area contributed by atoms with E-state index in [1.54, 1.807) is 42.5 Å². The van der Waals surface area contributed by atoms with Crippen molar-refractivity contribution in [1.82, 2.24) is 0 Å². The smallest absolute Gasteiger partial charge is 0.262 e. The van der Waals surface area contributed by atoms with Crippen LogP contribution in [0.1, 0.15) is 27.0 Å². The molecule has 0 unspecified atom stereocenters. The van der Waals surface area contributed by atoms with Crippen LogP contribution in [-0.4, -0.2) is 18.3 Å². The van der Waals surface area contributed by atoms with Gasteiger partial charge in [0.2, 0.25) is 0 Å². The van der Waals surface area contributed by atoms with Crippen molar-refractivity contribution >= 4 is 29.0 Å². The van der Waals surface area contributed by atoms with Gasteiger partial charge in [0, 0.05) is 16.1 Å². The summed E-state index contributed by atoms with van der Waals surface area (Å²) < 4.78 is 5.59. The molecule has 1 N–H and O–H groups in total. The average molecular weight is 394 g/mol. The van der Waals surface area contributed by atoms with Crippen LogP contribution in [0.3, 0.4) is 0 Å². The number of ether oxygens (including phenoxy) is 1. The van der Waals surface area contributed by atoms with Gasteiger partial charge in [-0.25, -0.2) is 0 Å². The second-order valence-corrected chi connectivity index (χ2v) is 6.98. The minimum absolute atomic E-state index is 0.162. The minimum atomic E-state index is -0.358. The number of aryl methyl sites for hydroxylation is 2. The normalized spacial score (nSPS) is 10.4. The van der Waals surface area contributed by atoms with Crippen LogP contribution >= 0.6 is 11.6 Å². The monoisotopic (exact) mass is 393 g/mol. The summed E-state index contributed by atoms with van der Waals surface area (Å²) in [4.78, 5) is 25.2. The van der Waals surface area contributed by atoms with E-state index in [9.17, 15) is 9.59 Å². The third kappa shape index (κ3) is 4.99. The maximum atomic E-state index is 12.8. The summed E-state index contributed by atoms with van der Waals surface area (Å²) in [5, 5.41) is 3.16. The van der Waals surface area contributed by atoms with Crippen molar-refractivity contribution in [2.24, 2.45) is 0 Å². The number of anilines is 1. The molecule has 3 aromatic carbocycles. The maximum Gasteiger partial charge on any atom is 0.262 e. The Hall–Kier alpha value is -3.11. The largest absolute Gasteiger partial charge is 0.484 e. The summed E-state index contributed by atoms with van der Waals surface area (Å²) in [6, 6.07) is 19.4. The predicted molar refractivity (Wildman–Crippen MR) is 111 cm³/mol. The van der Waals surface area contributed by atoms with E-state index in [-0.39, 0.29) is 18.3 Å². The Labute approximate surface area is 169 Å². The SMILES string of the molecule is Cc1cc(C)cc(OCC(=O)Nc2ccc(Cl)cc2C(=O)c2ccccc2)c1. The molecule has 0 fully saturated rings. The summed E-state index contributed by atoms with van der Waals surface area (Å²) in [6.07, 6.45) is 0. The number of ketones is 1.